The molecule has 0 spiro atoms. The molecule has 7 heteroatoms. The molecule has 0 aliphatic heterocycles. The van der Waals surface area contributed by atoms with Gasteiger partial charge in [0.25, 0.3) is 5.24 Å². The van der Waals surface area contributed by atoms with E-state index in [1.807, 2.05) is 0 Å². The molecule has 0 amide bonds. The minimum absolute atomic E-state index is 0.130. The van der Waals surface area contributed by atoms with Gasteiger partial charge in [0.1, 0.15) is 0 Å². The lowest BCUT2D eigenvalue weighted by Crippen LogP contribution is -2.12. The zero-order valence-electron chi connectivity index (χ0n) is 7.44. The molecule has 16 heavy (non-hydrogen) atoms. The van der Waals surface area contributed by atoms with Crippen LogP contribution >= 0.6 is 34.2 Å². The van der Waals surface area contributed by atoms with E-state index in [-0.39, 0.29) is 9.13 Å². The van der Waals surface area contributed by atoms with Crippen molar-refractivity contribution in [2.75, 3.05) is 0 Å². The summed E-state index contributed by atoms with van der Waals surface area (Å²) in [5.74, 6) is 0. The molecule has 0 aliphatic rings. The number of rotatable bonds is 2. The van der Waals surface area contributed by atoms with E-state index in [0.29, 0.717) is 12.4 Å². The highest BCUT2D eigenvalue weighted by atomic mass is 127. The van der Waals surface area contributed by atoms with Crippen molar-refractivity contribution in [1.82, 2.24) is 0 Å². The maximum atomic E-state index is 12.5. The van der Waals surface area contributed by atoms with Gasteiger partial charge in [-0.1, -0.05) is 0 Å². The monoisotopic (exact) mass is 362 g/mol. The quantitative estimate of drug-likeness (QED) is 0.458. The van der Waals surface area contributed by atoms with Crippen LogP contribution in [0.25, 0.3) is 0 Å². The molecular weight excluding hydrogens is 359 g/mol. The fourth-order valence-electron chi connectivity index (χ4n) is 1.08. The number of carbonyl (C=O) groups excluding carboxylic acids is 2. The van der Waals surface area contributed by atoms with Gasteiger partial charge < -0.3 is 0 Å². The Morgan fingerprint density at radius 1 is 1.38 bits per heavy atom. The van der Waals surface area contributed by atoms with Crippen LogP contribution in [0.1, 0.15) is 26.3 Å². The van der Waals surface area contributed by atoms with Crippen LogP contribution in [0.3, 0.4) is 0 Å². The highest BCUT2D eigenvalue weighted by molar-refractivity contribution is 14.1. The minimum Gasteiger partial charge on any atom is -0.298 e. The van der Waals surface area contributed by atoms with Crippen molar-refractivity contribution in [3.63, 3.8) is 0 Å². The summed E-state index contributed by atoms with van der Waals surface area (Å²) >= 11 is 6.71. The maximum Gasteiger partial charge on any atom is 0.417 e. The molecule has 0 heterocycles. The van der Waals surface area contributed by atoms with Crippen molar-refractivity contribution >= 4 is 45.7 Å². The second kappa shape index (κ2) is 4.70. The van der Waals surface area contributed by atoms with Gasteiger partial charge in [0.05, 0.1) is 5.56 Å². The third kappa shape index (κ3) is 2.73. The topological polar surface area (TPSA) is 34.1 Å². The second-order valence-electron chi connectivity index (χ2n) is 2.81. The fourth-order valence-corrected chi connectivity index (χ4v) is 1.83. The molecule has 0 bridgehead atoms. The molecular formula is C9H3ClF3IO2. The average Bonchev–Trinajstić information content (AvgIpc) is 2.15. The van der Waals surface area contributed by atoms with Gasteiger partial charge in [-0.05, 0) is 46.3 Å². The van der Waals surface area contributed by atoms with Crippen molar-refractivity contribution in [2.24, 2.45) is 0 Å². The number of halogens is 5. The Bertz CT molecular complexity index is 457. The molecule has 0 radical (unpaired) electrons. The van der Waals surface area contributed by atoms with Gasteiger partial charge >= 0.3 is 6.18 Å². The van der Waals surface area contributed by atoms with Crippen LogP contribution in [-0.2, 0) is 6.18 Å². The fraction of sp³-hybridized carbons (Fsp3) is 0.111. The van der Waals surface area contributed by atoms with Crippen LogP contribution < -0.4 is 0 Å². The van der Waals surface area contributed by atoms with Crippen LogP contribution in [0.15, 0.2) is 12.1 Å². The largest absolute Gasteiger partial charge is 0.417 e. The Balaban J connectivity index is 3.55. The molecule has 0 atom stereocenters. The molecule has 0 aliphatic carbocycles. The van der Waals surface area contributed by atoms with Crippen molar-refractivity contribution < 1.29 is 22.8 Å². The Morgan fingerprint density at radius 3 is 2.31 bits per heavy atom. The zero-order chi connectivity index (χ0) is 12.5. The normalized spacial score (nSPS) is 11.3. The van der Waals surface area contributed by atoms with Crippen molar-refractivity contribution in [1.29, 1.82) is 0 Å². The van der Waals surface area contributed by atoms with E-state index in [9.17, 15) is 22.8 Å². The SMILES string of the molecule is O=Cc1cc(C(F)(F)F)c(C(=O)Cl)cc1I. The summed E-state index contributed by atoms with van der Waals surface area (Å²) in [4.78, 5) is 21.3. The second-order valence-corrected chi connectivity index (χ2v) is 4.31. The molecule has 1 aromatic carbocycles. The first kappa shape index (κ1) is 13.4. The summed E-state index contributed by atoms with van der Waals surface area (Å²) in [6, 6.07) is 1.56. The third-order valence-electron chi connectivity index (χ3n) is 1.78. The molecule has 0 saturated carbocycles. The first-order valence-corrected chi connectivity index (χ1v) is 5.28. The summed E-state index contributed by atoms with van der Waals surface area (Å²) in [6.45, 7) is 0. The number of aldehydes is 1. The maximum absolute atomic E-state index is 12.5. The van der Waals surface area contributed by atoms with Crippen molar-refractivity contribution in [2.45, 2.75) is 6.18 Å². The number of benzene rings is 1. The van der Waals surface area contributed by atoms with Gasteiger partial charge in [-0.2, -0.15) is 13.2 Å². The number of hydrogen-bond acceptors (Lipinski definition) is 2. The Morgan fingerprint density at radius 2 is 1.94 bits per heavy atom. The summed E-state index contributed by atoms with van der Waals surface area (Å²) in [6.07, 6.45) is -4.43. The zero-order valence-corrected chi connectivity index (χ0v) is 10.4. The van der Waals surface area contributed by atoms with Crippen LogP contribution in [-0.4, -0.2) is 11.5 Å². The first-order chi connectivity index (χ1) is 7.27. The summed E-state index contributed by atoms with van der Waals surface area (Å²) in [5.41, 5.74) is -1.98. The van der Waals surface area contributed by atoms with E-state index in [0.717, 1.165) is 6.07 Å². The average molecular weight is 362 g/mol. The number of alkyl halides is 3. The summed E-state index contributed by atoms with van der Waals surface area (Å²) in [7, 11) is 0. The standard InChI is InChI=1S/C9H3ClF3IO2/c10-8(16)5-2-7(14)4(3-15)1-6(5)9(11,12)13/h1-3H. The van der Waals surface area contributed by atoms with E-state index in [1.165, 1.54) is 0 Å². The van der Waals surface area contributed by atoms with E-state index in [2.05, 4.69) is 0 Å². The predicted molar refractivity (Wildman–Crippen MR) is 59.7 cm³/mol. The molecule has 0 N–H and O–H groups in total. The number of carbonyl (C=O) groups is 2. The molecule has 0 saturated heterocycles. The third-order valence-corrected chi connectivity index (χ3v) is 2.92. The van der Waals surface area contributed by atoms with Gasteiger partial charge in [0.2, 0.25) is 0 Å². The smallest absolute Gasteiger partial charge is 0.298 e. The molecule has 2 nitrogen and oxygen atoms in total. The Kier molecular flexibility index (Phi) is 3.95. The lowest BCUT2D eigenvalue weighted by molar-refractivity contribution is -0.137. The molecule has 0 aromatic heterocycles. The van der Waals surface area contributed by atoms with Gasteiger partial charge in [-0.25, -0.2) is 0 Å². The van der Waals surface area contributed by atoms with Crippen molar-refractivity contribution in [3.8, 4) is 0 Å². The van der Waals surface area contributed by atoms with E-state index >= 15 is 0 Å². The van der Waals surface area contributed by atoms with E-state index in [1.54, 1.807) is 22.6 Å². The lowest BCUT2D eigenvalue weighted by atomic mass is 10.0. The molecule has 0 fully saturated rings. The predicted octanol–water partition coefficient (Wildman–Crippen LogP) is 3.50. The van der Waals surface area contributed by atoms with E-state index < -0.39 is 22.5 Å². The van der Waals surface area contributed by atoms with Crippen LogP contribution in [0.4, 0.5) is 13.2 Å². The Hall–Kier alpha value is -0.630. The minimum atomic E-state index is -4.72. The van der Waals surface area contributed by atoms with Gasteiger partial charge in [0, 0.05) is 14.7 Å². The number of hydrogen-bond donors (Lipinski definition) is 0. The van der Waals surface area contributed by atoms with Crippen molar-refractivity contribution in [3.05, 3.63) is 32.4 Å². The Labute approximate surface area is 107 Å². The molecule has 1 rings (SSSR count). The van der Waals surface area contributed by atoms with Gasteiger partial charge in [-0.15, -0.1) is 0 Å². The molecule has 86 valence electrons. The van der Waals surface area contributed by atoms with E-state index in [4.69, 9.17) is 11.6 Å². The highest BCUT2D eigenvalue weighted by Gasteiger charge is 2.35. The van der Waals surface area contributed by atoms with Crippen LogP contribution in [0, 0.1) is 3.57 Å². The van der Waals surface area contributed by atoms with Gasteiger partial charge in [0.15, 0.2) is 6.29 Å². The summed E-state index contributed by atoms with van der Waals surface area (Å²) < 4.78 is 37.8. The molecule has 1 aromatic rings. The van der Waals surface area contributed by atoms with Crippen LogP contribution in [0.2, 0.25) is 0 Å². The summed E-state index contributed by atoms with van der Waals surface area (Å²) in [5, 5.41) is -1.21. The highest BCUT2D eigenvalue weighted by Crippen LogP contribution is 2.34. The van der Waals surface area contributed by atoms with Gasteiger partial charge in [-0.3, -0.25) is 9.59 Å². The lowest BCUT2D eigenvalue weighted by Gasteiger charge is -2.11. The molecule has 0 unspecified atom stereocenters. The first-order valence-electron chi connectivity index (χ1n) is 3.83. The van der Waals surface area contributed by atoms with Crippen LogP contribution in [0.5, 0.6) is 0 Å².